The maximum Gasteiger partial charge on any atom is 0.159 e. The molecule has 3 rings (SSSR count). The van der Waals surface area contributed by atoms with Crippen LogP contribution in [-0.4, -0.2) is 26.0 Å². The van der Waals surface area contributed by atoms with E-state index in [9.17, 15) is 8.42 Å². The minimum absolute atomic E-state index is 0.182. The first kappa shape index (κ1) is 14.6. The summed E-state index contributed by atoms with van der Waals surface area (Å²) >= 11 is 0. The molecule has 0 N–H and O–H groups in total. The van der Waals surface area contributed by atoms with Gasteiger partial charge in [-0.2, -0.15) is 0 Å². The lowest BCUT2D eigenvalue weighted by Gasteiger charge is -2.34. The number of aryl methyl sites for hydroxylation is 2. The summed E-state index contributed by atoms with van der Waals surface area (Å²) in [6.07, 6.45) is 5.27. The first-order valence-corrected chi connectivity index (χ1v) is 9.13. The Hall–Kier alpha value is -1.29. The summed E-state index contributed by atoms with van der Waals surface area (Å²) in [7, 11) is -1.26. The van der Waals surface area contributed by atoms with Gasteiger partial charge >= 0.3 is 0 Å². The van der Waals surface area contributed by atoms with Gasteiger partial charge in [0.25, 0.3) is 0 Å². The van der Waals surface area contributed by atoms with Crippen molar-refractivity contribution in [2.45, 2.75) is 50.0 Å². The van der Waals surface area contributed by atoms with Gasteiger partial charge in [0.1, 0.15) is 5.75 Å². The molecule has 1 aromatic rings. The predicted molar refractivity (Wildman–Crippen MR) is 85.4 cm³/mol. The van der Waals surface area contributed by atoms with Crippen LogP contribution in [0.2, 0.25) is 0 Å². The monoisotopic (exact) mass is 306 g/mol. The second-order valence-corrected chi connectivity index (χ2v) is 8.66. The van der Waals surface area contributed by atoms with E-state index in [2.05, 4.69) is 13.0 Å². The Morgan fingerprint density at radius 1 is 1.14 bits per heavy atom. The van der Waals surface area contributed by atoms with Crippen LogP contribution in [0.4, 0.5) is 0 Å². The lowest BCUT2D eigenvalue weighted by molar-refractivity contribution is 0.411. The summed E-state index contributed by atoms with van der Waals surface area (Å²) < 4.78 is 30.1. The number of rotatable bonds is 2. The van der Waals surface area contributed by atoms with E-state index >= 15 is 0 Å². The molecule has 114 valence electrons. The van der Waals surface area contributed by atoms with Crippen LogP contribution >= 0.6 is 0 Å². The molecule has 21 heavy (non-hydrogen) atoms. The van der Waals surface area contributed by atoms with Crippen molar-refractivity contribution < 1.29 is 13.2 Å². The third kappa shape index (κ3) is 2.39. The second kappa shape index (κ2) is 5.16. The average molecular weight is 306 g/mol. The Morgan fingerprint density at radius 2 is 1.90 bits per heavy atom. The molecule has 2 heterocycles. The third-order valence-electron chi connectivity index (χ3n) is 4.82. The van der Waals surface area contributed by atoms with Crippen LogP contribution in [-0.2, 0) is 9.84 Å². The number of allylic oxidation sites excluding steroid dienone is 1. The maximum absolute atomic E-state index is 12.4. The zero-order valence-corrected chi connectivity index (χ0v) is 13.7. The normalized spacial score (nSPS) is 27.1. The van der Waals surface area contributed by atoms with E-state index in [1.165, 1.54) is 11.1 Å². The Labute approximate surface area is 126 Å². The van der Waals surface area contributed by atoms with Gasteiger partial charge in [-0.25, -0.2) is 8.42 Å². The van der Waals surface area contributed by atoms with E-state index < -0.39 is 9.84 Å². The van der Waals surface area contributed by atoms with Crippen molar-refractivity contribution in [2.75, 3.05) is 7.11 Å². The van der Waals surface area contributed by atoms with E-state index in [0.717, 1.165) is 36.1 Å². The summed E-state index contributed by atoms with van der Waals surface area (Å²) in [6, 6.07) is 4.18. The van der Waals surface area contributed by atoms with Gasteiger partial charge in [-0.1, -0.05) is 12.5 Å². The number of sulfone groups is 1. The summed E-state index contributed by atoms with van der Waals surface area (Å²) in [5.74, 6) is 0.889. The number of methoxy groups -OCH3 is 1. The first-order chi connectivity index (χ1) is 9.93. The molecule has 1 saturated heterocycles. The topological polar surface area (TPSA) is 43.4 Å². The molecule has 4 heteroatoms. The second-order valence-electron chi connectivity index (χ2n) is 6.21. The molecule has 0 spiro atoms. The maximum atomic E-state index is 12.4. The molecule has 2 bridgehead atoms. The van der Waals surface area contributed by atoms with Gasteiger partial charge < -0.3 is 4.74 Å². The molecular weight excluding hydrogens is 284 g/mol. The van der Waals surface area contributed by atoms with Crippen LogP contribution in [0.25, 0.3) is 5.57 Å². The highest BCUT2D eigenvalue weighted by Gasteiger charge is 2.40. The number of hydrogen-bond donors (Lipinski definition) is 0. The molecule has 3 nitrogen and oxygen atoms in total. The zero-order valence-electron chi connectivity index (χ0n) is 12.8. The van der Waals surface area contributed by atoms with Gasteiger partial charge in [-0.15, -0.1) is 0 Å². The number of benzene rings is 1. The Balaban J connectivity index is 2.06. The van der Waals surface area contributed by atoms with Gasteiger partial charge in [-0.05, 0) is 67.5 Å². The summed E-state index contributed by atoms with van der Waals surface area (Å²) in [6.45, 7) is 4.10. The summed E-state index contributed by atoms with van der Waals surface area (Å²) in [5, 5.41) is -0.458. The molecule has 0 amide bonds. The van der Waals surface area contributed by atoms with Gasteiger partial charge in [0.05, 0.1) is 17.6 Å². The molecule has 2 unspecified atom stereocenters. The van der Waals surface area contributed by atoms with E-state index in [-0.39, 0.29) is 10.5 Å². The predicted octanol–water partition coefficient (Wildman–Crippen LogP) is 3.44. The lowest BCUT2D eigenvalue weighted by Crippen LogP contribution is -2.38. The largest absolute Gasteiger partial charge is 0.496 e. The van der Waals surface area contributed by atoms with Crippen LogP contribution in [0.1, 0.15) is 42.4 Å². The van der Waals surface area contributed by atoms with Crippen molar-refractivity contribution in [2.24, 2.45) is 0 Å². The molecule has 2 aliphatic heterocycles. The fourth-order valence-electron chi connectivity index (χ4n) is 3.61. The van der Waals surface area contributed by atoms with Crippen LogP contribution in [0.5, 0.6) is 5.75 Å². The molecule has 1 aromatic carbocycles. The van der Waals surface area contributed by atoms with Crippen molar-refractivity contribution in [3.63, 3.8) is 0 Å². The quantitative estimate of drug-likeness (QED) is 0.840. The standard InChI is InChI=1S/C17H22O3S/c1-11-8-17(20-3)12(2)7-16(11)13-9-14-5-4-6-15(10-13)21(14,18)19/h7-9,14-15H,4-6,10H2,1-3H3. The Morgan fingerprint density at radius 3 is 2.57 bits per heavy atom. The highest BCUT2D eigenvalue weighted by molar-refractivity contribution is 7.93. The van der Waals surface area contributed by atoms with Gasteiger partial charge in [0.2, 0.25) is 0 Å². The van der Waals surface area contributed by atoms with Gasteiger partial charge in [-0.3, -0.25) is 0 Å². The number of ether oxygens (including phenoxy) is 1. The molecule has 0 radical (unpaired) electrons. The summed E-state index contributed by atoms with van der Waals surface area (Å²) in [4.78, 5) is 0. The lowest BCUT2D eigenvalue weighted by atomic mass is 9.90. The molecule has 0 aromatic heterocycles. The SMILES string of the molecule is COc1cc(C)c(C2=CC3CCCC(C2)S3(=O)=O)cc1C. The van der Waals surface area contributed by atoms with Crippen molar-refractivity contribution >= 4 is 15.4 Å². The van der Waals surface area contributed by atoms with E-state index in [1.54, 1.807) is 7.11 Å². The van der Waals surface area contributed by atoms with Crippen LogP contribution in [0.3, 0.4) is 0 Å². The van der Waals surface area contributed by atoms with Crippen LogP contribution < -0.4 is 4.74 Å². The molecule has 2 atom stereocenters. The molecule has 0 saturated carbocycles. The zero-order chi connectivity index (χ0) is 15.2. The average Bonchev–Trinajstić information content (AvgIpc) is 2.40. The fraction of sp³-hybridized carbons (Fsp3) is 0.529. The van der Waals surface area contributed by atoms with Crippen LogP contribution in [0.15, 0.2) is 18.2 Å². The number of hydrogen-bond acceptors (Lipinski definition) is 3. The Kier molecular flexibility index (Phi) is 3.60. The van der Waals surface area contributed by atoms with Crippen molar-refractivity contribution in [3.05, 3.63) is 34.9 Å². The molecular formula is C17H22O3S. The fourth-order valence-corrected chi connectivity index (χ4v) is 5.86. The van der Waals surface area contributed by atoms with Crippen molar-refractivity contribution in [3.8, 4) is 5.75 Å². The Bertz CT molecular complexity index is 701. The minimum atomic E-state index is -2.94. The van der Waals surface area contributed by atoms with Crippen LogP contribution in [0, 0.1) is 13.8 Å². The van der Waals surface area contributed by atoms with Crippen molar-refractivity contribution in [1.82, 2.24) is 0 Å². The van der Waals surface area contributed by atoms with E-state index in [1.807, 2.05) is 19.1 Å². The minimum Gasteiger partial charge on any atom is -0.496 e. The van der Waals surface area contributed by atoms with Gasteiger partial charge in [0, 0.05) is 0 Å². The highest BCUT2D eigenvalue weighted by Crippen LogP contribution is 2.40. The number of fused-ring (bicyclic) bond motifs is 2. The first-order valence-electron chi connectivity index (χ1n) is 7.52. The van der Waals surface area contributed by atoms with Crippen molar-refractivity contribution in [1.29, 1.82) is 0 Å². The summed E-state index contributed by atoms with van der Waals surface area (Å²) in [5.41, 5.74) is 4.63. The van der Waals surface area contributed by atoms with E-state index in [4.69, 9.17) is 4.74 Å². The third-order valence-corrected chi connectivity index (χ3v) is 7.37. The highest BCUT2D eigenvalue weighted by atomic mass is 32.2. The molecule has 1 fully saturated rings. The molecule has 0 aliphatic carbocycles. The molecule has 2 aliphatic rings. The smallest absolute Gasteiger partial charge is 0.159 e. The van der Waals surface area contributed by atoms with E-state index in [0.29, 0.717) is 6.42 Å². The van der Waals surface area contributed by atoms with Gasteiger partial charge in [0.15, 0.2) is 9.84 Å².